The highest BCUT2D eigenvalue weighted by Gasteiger charge is 2.49. The van der Waals surface area contributed by atoms with E-state index in [-0.39, 0.29) is 35.6 Å². The Bertz CT molecular complexity index is 1740. The Hall–Kier alpha value is -4.38. The molecule has 43 heavy (non-hydrogen) atoms. The van der Waals surface area contributed by atoms with E-state index < -0.39 is 11.2 Å². The van der Waals surface area contributed by atoms with Crippen molar-refractivity contribution in [2.75, 3.05) is 30.3 Å². The summed E-state index contributed by atoms with van der Waals surface area (Å²) in [5.74, 6) is 0.200. The number of imidazole rings is 1. The summed E-state index contributed by atoms with van der Waals surface area (Å²) in [5.41, 5.74) is 4.21. The van der Waals surface area contributed by atoms with Gasteiger partial charge in [0.05, 0.1) is 34.8 Å². The summed E-state index contributed by atoms with van der Waals surface area (Å²) in [6, 6.07) is 9.50. The molecule has 0 aliphatic carbocycles. The maximum atomic E-state index is 14.6. The minimum absolute atomic E-state index is 0.0336. The average Bonchev–Trinajstić information content (AvgIpc) is 3.70. The van der Waals surface area contributed by atoms with Crippen molar-refractivity contribution in [3.63, 3.8) is 0 Å². The number of aromatic nitrogens is 4. The molecule has 7 rings (SSSR count). The number of nitrogens with zero attached hydrogens (tertiary/aromatic N) is 5. The number of hydrogen-bond donors (Lipinski definition) is 2. The van der Waals surface area contributed by atoms with E-state index in [0.717, 1.165) is 34.9 Å². The van der Waals surface area contributed by atoms with Crippen LogP contribution in [0.15, 0.2) is 49.1 Å². The van der Waals surface area contributed by atoms with Crippen LogP contribution < -0.4 is 10.6 Å². The van der Waals surface area contributed by atoms with Crippen molar-refractivity contribution in [2.24, 2.45) is 5.92 Å². The highest BCUT2D eigenvalue weighted by atomic mass is 19.1. The lowest BCUT2D eigenvalue weighted by atomic mass is 9.73. The first-order valence-electron chi connectivity index (χ1n) is 14.9. The first-order valence-corrected chi connectivity index (χ1v) is 14.9. The van der Waals surface area contributed by atoms with E-state index in [4.69, 9.17) is 9.72 Å². The molecule has 11 heteroatoms. The molecule has 1 aromatic carbocycles. The Morgan fingerprint density at radius 1 is 1.21 bits per heavy atom. The Morgan fingerprint density at radius 2 is 2.02 bits per heavy atom. The third kappa shape index (κ3) is 4.53. The van der Waals surface area contributed by atoms with E-state index >= 15 is 0 Å². The van der Waals surface area contributed by atoms with Gasteiger partial charge in [-0.1, -0.05) is 19.1 Å². The van der Waals surface area contributed by atoms with Crippen LogP contribution >= 0.6 is 0 Å². The van der Waals surface area contributed by atoms with Crippen molar-refractivity contribution in [2.45, 2.75) is 57.6 Å². The highest BCUT2D eigenvalue weighted by Crippen LogP contribution is 2.46. The van der Waals surface area contributed by atoms with Crippen LogP contribution in [0.1, 0.15) is 51.6 Å². The number of nitrogens with one attached hydrogen (secondary N) is 2. The summed E-state index contributed by atoms with van der Waals surface area (Å²) in [6.45, 7) is 7.79. The number of piperidine rings is 1. The number of rotatable bonds is 5. The van der Waals surface area contributed by atoms with Crippen molar-refractivity contribution in [3.8, 4) is 11.3 Å². The minimum Gasteiger partial charge on any atom is -0.368 e. The van der Waals surface area contributed by atoms with Crippen LogP contribution in [0.2, 0.25) is 0 Å². The summed E-state index contributed by atoms with van der Waals surface area (Å²) >= 11 is 0. The van der Waals surface area contributed by atoms with Gasteiger partial charge in [0.15, 0.2) is 11.6 Å². The van der Waals surface area contributed by atoms with Crippen molar-refractivity contribution >= 4 is 40.0 Å². The minimum atomic E-state index is -0.675. The molecule has 0 saturated carbocycles. The van der Waals surface area contributed by atoms with Crippen molar-refractivity contribution in [3.05, 3.63) is 60.4 Å². The fourth-order valence-corrected chi connectivity index (χ4v) is 6.68. The summed E-state index contributed by atoms with van der Waals surface area (Å²) < 4.78 is 22.3. The van der Waals surface area contributed by atoms with Gasteiger partial charge in [-0.25, -0.2) is 14.4 Å². The molecular weight excluding hydrogens is 549 g/mol. The van der Waals surface area contributed by atoms with Gasteiger partial charge in [-0.05, 0) is 62.8 Å². The standard InChI is InChI=1S/C32H34FN7O3/c1-18(2)40-17-35-26-15-24(37-29(27(26)40)36-23-6-10-34-16-22(23)33)20-4-5-21-25(14-20)38-31(42)32(21)8-11-39(12-9-32)30(41)28-19(3)7-13-43-28/h4-6,10,14-19,28H,7-9,11-13H2,1-3H3,(H,38,42)(H,34,36,37)/t19-,28+/m0/s1. The number of anilines is 3. The maximum Gasteiger partial charge on any atom is 0.251 e. The van der Waals surface area contributed by atoms with Crippen molar-refractivity contribution in [1.82, 2.24) is 24.4 Å². The quantitative estimate of drug-likeness (QED) is 0.332. The van der Waals surface area contributed by atoms with Gasteiger partial charge < -0.3 is 24.8 Å². The van der Waals surface area contributed by atoms with Gasteiger partial charge in [0.1, 0.15) is 11.6 Å². The number of carbonyl (C=O) groups is 2. The third-order valence-electron chi connectivity index (χ3n) is 9.21. The lowest BCUT2D eigenvalue weighted by Crippen LogP contribution is -2.51. The normalized spacial score (nSPS) is 21.0. The number of halogens is 1. The Balaban J connectivity index is 1.20. The first kappa shape index (κ1) is 27.5. The lowest BCUT2D eigenvalue weighted by Gasteiger charge is -2.39. The fraction of sp³-hybridized carbons (Fsp3) is 0.406. The summed E-state index contributed by atoms with van der Waals surface area (Å²) in [5, 5.41) is 6.26. The Morgan fingerprint density at radius 3 is 2.74 bits per heavy atom. The number of carbonyl (C=O) groups excluding carboxylic acids is 2. The molecule has 222 valence electrons. The smallest absolute Gasteiger partial charge is 0.251 e. The van der Waals surface area contributed by atoms with Crippen LogP contribution in [0, 0.1) is 11.7 Å². The molecule has 2 saturated heterocycles. The molecule has 3 aliphatic rings. The van der Waals surface area contributed by atoms with E-state index in [2.05, 4.69) is 27.5 Å². The van der Waals surface area contributed by atoms with Gasteiger partial charge in [-0.2, -0.15) is 0 Å². The molecule has 0 bridgehead atoms. The van der Waals surface area contributed by atoms with E-state index in [1.165, 1.54) is 6.20 Å². The topological polar surface area (TPSA) is 114 Å². The van der Waals surface area contributed by atoms with E-state index in [1.54, 1.807) is 12.4 Å². The summed E-state index contributed by atoms with van der Waals surface area (Å²) in [4.78, 5) is 41.8. The molecule has 0 radical (unpaired) electrons. The SMILES string of the molecule is CC(C)n1cnc2cc(-c3ccc4c(c3)NC(=O)C43CCN(C(=O)[C@@H]4OCC[C@@H]4C)CC3)nc(Nc3ccncc3F)c21. The van der Waals surface area contributed by atoms with Gasteiger partial charge in [0.2, 0.25) is 5.91 Å². The predicted octanol–water partition coefficient (Wildman–Crippen LogP) is 5.19. The Labute approximate surface area is 248 Å². The van der Waals surface area contributed by atoms with Crippen molar-refractivity contribution in [1.29, 1.82) is 0 Å². The number of hydrogen-bond acceptors (Lipinski definition) is 7. The first-order chi connectivity index (χ1) is 20.7. The molecule has 2 fully saturated rings. The van der Waals surface area contributed by atoms with Crippen LogP contribution in [0.5, 0.6) is 0 Å². The van der Waals surface area contributed by atoms with Gasteiger partial charge in [0, 0.05) is 43.2 Å². The van der Waals surface area contributed by atoms with E-state index in [1.807, 2.05) is 47.6 Å². The molecule has 2 amide bonds. The second-order valence-corrected chi connectivity index (χ2v) is 12.1. The second kappa shape index (κ2) is 10.4. The molecule has 2 N–H and O–H groups in total. The number of fused-ring (bicyclic) bond motifs is 3. The number of amides is 2. The lowest BCUT2D eigenvalue weighted by molar-refractivity contribution is -0.145. The van der Waals surface area contributed by atoms with Crippen LogP contribution in [-0.4, -0.2) is 62.0 Å². The zero-order valence-corrected chi connectivity index (χ0v) is 24.4. The van der Waals surface area contributed by atoms with Crippen molar-refractivity contribution < 1.29 is 18.7 Å². The monoisotopic (exact) mass is 583 g/mol. The zero-order chi connectivity index (χ0) is 29.9. The van der Waals surface area contributed by atoms with E-state index in [0.29, 0.717) is 49.6 Å². The largest absolute Gasteiger partial charge is 0.368 e. The third-order valence-corrected chi connectivity index (χ3v) is 9.21. The number of pyridine rings is 2. The second-order valence-electron chi connectivity index (χ2n) is 12.1. The highest BCUT2D eigenvalue weighted by molar-refractivity contribution is 6.07. The molecule has 2 atom stereocenters. The molecule has 4 aromatic rings. The van der Waals surface area contributed by atoms with Crippen LogP contribution in [-0.2, 0) is 19.7 Å². The van der Waals surface area contributed by atoms with Gasteiger partial charge in [-0.15, -0.1) is 0 Å². The predicted molar refractivity (Wildman–Crippen MR) is 160 cm³/mol. The molecule has 3 aliphatic heterocycles. The number of likely N-dealkylation sites (tertiary alicyclic amines) is 1. The average molecular weight is 584 g/mol. The zero-order valence-electron chi connectivity index (χ0n) is 24.4. The molecule has 10 nitrogen and oxygen atoms in total. The molecule has 0 unspecified atom stereocenters. The summed E-state index contributed by atoms with van der Waals surface area (Å²) in [7, 11) is 0. The van der Waals surface area contributed by atoms with Gasteiger partial charge in [-0.3, -0.25) is 14.6 Å². The molecular formula is C32H34FN7O3. The molecule has 6 heterocycles. The van der Waals surface area contributed by atoms with Crippen LogP contribution in [0.3, 0.4) is 0 Å². The Kier molecular flexibility index (Phi) is 6.65. The maximum absolute atomic E-state index is 14.6. The fourth-order valence-electron chi connectivity index (χ4n) is 6.68. The van der Waals surface area contributed by atoms with Crippen LogP contribution in [0.4, 0.5) is 21.6 Å². The number of benzene rings is 1. The van der Waals surface area contributed by atoms with E-state index in [9.17, 15) is 14.0 Å². The molecule has 3 aromatic heterocycles. The molecule has 1 spiro atoms. The van der Waals surface area contributed by atoms with Crippen LogP contribution in [0.25, 0.3) is 22.3 Å². The van der Waals surface area contributed by atoms with Gasteiger partial charge in [0.25, 0.3) is 5.91 Å². The van der Waals surface area contributed by atoms with Gasteiger partial charge >= 0.3 is 0 Å². The number of ether oxygens (including phenoxy) is 1. The summed E-state index contributed by atoms with van der Waals surface area (Å²) in [6.07, 6.45) is 6.07.